The highest BCUT2D eigenvalue weighted by Crippen LogP contribution is 2.34. The van der Waals surface area contributed by atoms with E-state index in [-0.39, 0.29) is 0 Å². The van der Waals surface area contributed by atoms with E-state index in [1.54, 1.807) is 7.11 Å². The van der Waals surface area contributed by atoms with Crippen LogP contribution in [0.2, 0.25) is 0 Å². The molecule has 1 aliphatic rings. The Morgan fingerprint density at radius 2 is 1.88 bits per heavy atom. The average molecular weight is 241 g/mol. The zero-order valence-corrected chi connectivity index (χ0v) is 12.2. The van der Waals surface area contributed by atoms with Crippen molar-refractivity contribution in [3.63, 3.8) is 0 Å². The average Bonchev–Trinajstić information content (AvgIpc) is 2.38. The third-order valence-corrected chi connectivity index (χ3v) is 4.70. The zero-order chi connectivity index (χ0) is 12.7. The van der Waals surface area contributed by atoms with Gasteiger partial charge in [0.2, 0.25) is 0 Å². The standard InChI is InChI=1S/C15H31NO/c1-5-13-6-8-14(9-7-13)15(16-3)12(2)10-11-17-4/h12-16H,5-11H2,1-4H3. The van der Waals surface area contributed by atoms with Crippen molar-refractivity contribution in [2.24, 2.45) is 17.8 Å². The van der Waals surface area contributed by atoms with Crippen molar-refractivity contribution in [3.8, 4) is 0 Å². The van der Waals surface area contributed by atoms with E-state index in [9.17, 15) is 0 Å². The van der Waals surface area contributed by atoms with Crippen LogP contribution in [-0.2, 0) is 4.74 Å². The van der Waals surface area contributed by atoms with Gasteiger partial charge < -0.3 is 10.1 Å². The number of hydrogen-bond acceptors (Lipinski definition) is 2. The maximum atomic E-state index is 5.20. The lowest BCUT2D eigenvalue weighted by Crippen LogP contribution is -2.41. The maximum absolute atomic E-state index is 5.20. The molecule has 102 valence electrons. The Morgan fingerprint density at radius 1 is 1.24 bits per heavy atom. The molecule has 0 bridgehead atoms. The van der Waals surface area contributed by atoms with Crippen LogP contribution in [0.4, 0.5) is 0 Å². The van der Waals surface area contributed by atoms with Gasteiger partial charge in [-0.25, -0.2) is 0 Å². The van der Waals surface area contributed by atoms with Crippen LogP contribution in [0, 0.1) is 17.8 Å². The SMILES string of the molecule is CCC1CCC(C(NC)C(C)CCOC)CC1. The van der Waals surface area contributed by atoms with Crippen molar-refractivity contribution in [2.75, 3.05) is 20.8 Å². The van der Waals surface area contributed by atoms with Crippen LogP contribution in [0.15, 0.2) is 0 Å². The van der Waals surface area contributed by atoms with E-state index >= 15 is 0 Å². The molecule has 0 radical (unpaired) electrons. The molecular weight excluding hydrogens is 210 g/mol. The maximum Gasteiger partial charge on any atom is 0.0465 e. The number of rotatable bonds is 7. The fourth-order valence-electron chi connectivity index (χ4n) is 3.42. The third kappa shape index (κ3) is 4.59. The monoisotopic (exact) mass is 241 g/mol. The predicted molar refractivity (Wildman–Crippen MR) is 74.2 cm³/mol. The van der Waals surface area contributed by atoms with E-state index < -0.39 is 0 Å². The van der Waals surface area contributed by atoms with E-state index in [0.29, 0.717) is 6.04 Å². The summed E-state index contributed by atoms with van der Waals surface area (Å²) < 4.78 is 5.20. The Balaban J connectivity index is 2.39. The van der Waals surface area contributed by atoms with Gasteiger partial charge in [0.25, 0.3) is 0 Å². The quantitative estimate of drug-likeness (QED) is 0.737. The Labute approximate surface area is 108 Å². The van der Waals surface area contributed by atoms with Crippen LogP contribution in [0.1, 0.15) is 52.4 Å². The Kier molecular flexibility index (Phi) is 7.14. The summed E-state index contributed by atoms with van der Waals surface area (Å²) in [4.78, 5) is 0. The van der Waals surface area contributed by atoms with Crippen molar-refractivity contribution in [3.05, 3.63) is 0 Å². The number of hydrogen-bond donors (Lipinski definition) is 1. The molecule has 1 N–H and O–H groups in total. The molecule has 0 saturated heterocycles. The summed E-state index contributed by atoms with van der Waals surface area (Å²) in [6.45, 7) is 5.59. The van der Waals surface area contributed by atoms with E-state index in [1.165, 1.54) is 38.5 Å². The van der Waals surface area contributed by atoms with Crippen LogP contribution in [0.3, 0.4) is 0 Å². The fraction of sp³-hybridized carbons (Fsp3) is 1.00. The minimum absolute atomic E-state index is 0.683. The Morgan fingerprint density at radius 3 is 2.35 bits per heavy atom. The zero-order valence-electron chi connectivity index (χ0n) is 12.2. The van der Waals surface area contributed by atoms with Gasteiger partial charge in [0.1, 0.15) is 0 Å². The van der Waals surface area contributed by atoms with Gasteiger partial charge in [-0.2, -0.15) is 0 Å². The summed E-state index contributed by atoms with van der Waals surface area (Å²) in [5, 5.41) is 3.56. The molecule has 17 heavy (non-hydrogen) atoms. The molecule has 2 atom stereocenters. The Bertz CT molecular complexity index is 187. The molecule has 0 spiro atoms. The van der Waals surface area contributed by atoms with Crippen molar-refractivity contribution >= 4 is 0 Å². The molecule has 0 aromatic carbocycles. The van der Waals surface area contributed by atoms with Crippen LogP contribution in [-0.4, -0.2) is 26.8 Å². The summed E-state index contributed by atoms with van der Waals surface area (Å²) in [7, 11) is 3.92. The first kappa shape index (κ1) is 15.0. The van der Waals surface area contributed by atoms with Gasteiger partial charge in [-0.05, 0) is 44.1 Å². The number of methoxy groups -OCH3 is 1. The molecule has 2 heteroatoms. The molecule has 1 aliphatic carbocycles. The second-order valence-corrected chi connectivity index (χ2v) is 5.76. The minimum Gasteiger partial charge on any atom is -0.385 e. The summed E-state index contributed by atoms with van der Waals surface area (Å²) in [6, 6.07) is 0.683. The summed E-state index contributed by atoms with van der Waals surface area (Å²) in [6.07, 6.45) is 8.27. The van der Waals surface area contributed by atoms with Gasteiger partial charge in [-0.15, -0.1) is 0 Å². The molecule has 0 aromatic heterocycles. The summed E-state index contributed by atoms with van der Waals surface area (Å²) in [5.74, 6) is 2.61. The smallest absolute Gasteiger partial charge is 0.0465 e. The van der Waals surface area contributed by atoms with Crippen molar-refractivity contribution in [2.45, 2.75) is 58.4 Å². The fourth-order valence-corrected chi connectivity index (χ4v) is 3.42. The van der Waals surface area contributed by atoms with Gasteiger partial charge in [0, 0.05) is 19.8 Å². The second kappa shape index (κ2) is 8.10. The van der Waals surface area contributed by atoms with Gasteiger partial charge in [-0.1, -0.05) is 33.1 Å². The molecule has 0 aromatic rings. The second-order valence-electron chi connectivity index (χ2n) is 5.76. The van der Waals surface area contributed by atoms with Crippen molar-refractivity contribution in [1.82, 2.24) is 5.32 Å². The molecule has 0 aliphatic heterocycles. The first-order valence-corrected chi connectivity index (χ1v) is 7.39. The lowest BCUT2D eigenvalue weighted by Gasteiger charge is -2.36. The first-order chi connectivity index (χ1) is 8.22. The van der Waals surface area contributed by atoms with Crippen molar-refractivity contribution in [1.29, 1.82) is 0 Å². The van der Waals surface area contributed by atoms with Gasteiger partial charge in [0.05, 0.1) is 0 Å². The van der Waals surface area contributed by atoms with Gasteiger partial charge in [0.15, 0.2) is 0 Å². The predicted octanol–water partition coefficient (Wildman–Crippen LogP) is 3.46. The van der Waals surface area contributed by atoms with E-state index in [2.05, 4.69) is 26.2 Å². The molecule has 0 heterocycles. The normalized spacial score (nSPS) is 28.9. The van der Waals surface area contributed by atoms with E-state index in [0.717, 1.165) is 24.4 Å². The Hall–Kier alpha value is -0.0800. The topological polar surface area (TPSA) is 21.3 Å². The lowest BCUT2D eigenvalue weighted by atomic mass is 9.74. The van der Waals surface area contributed by atoms with Crippen molar-refractivity contribution < 1.29 is 4.74 Å². The number of ether oxygens (including phenoxy) is 1. The lowest BCUT2D eigenvalue weighted by molar-refractivity contribution is 0.141. The number of nitrogens with one attached hydrogen (secondary N) is 1. The summed E-state index contributed by atoms with van der Waals surface area (Å²) >= 11 is 0. The highest BCUT2D eigenvalue weighted by atomic mass is 16.5. The molecule has 0 amide bonds. The minimum atomic E-state index is 0.683. The highest BCUT2D eigenvalue weighted by Gasteiger charge is 2.29. The molecule has 1 saturated carbocycles. The molecule has 1 fully saturated rings. The van der Waals surface area contributed by atoms with Crippen LogP contribution in [0.25, 0.3) is 0 Å². The molecule has 2 unspecified atom stereocenters. The highest BCUT2D eigenvalue weighted by molar-refractivity contribution is 4.84. The van der Waals surface area contributed by atoms with Crippen LogP contribution >= 0.6 is 0 Å². The molecular formula is C15H31NO. The largest absolute Gasteiger partial charge is 0.385 e. The van der Waals surface area contributed by atoms with E-state index in [4.69, 9.17) is 4.74 Å². The summed E-state index contributed by atoms with van der Waals surface area (Å²) in [5.41, 5.74) is 0. The van der Waals surface area contributed by atoms with Crippen LogP contribution < -0.4 is 5.32 Å². The van der Waals surface area contributed by atoms with Crippen LogP contribution in [0.5, 0.6) is 0 Å². The van der Waals surface area contributed by atoms with Gasteiger partial charge >= 0.3 is 0 Å². The third-order valence-electron chi connectivity index (χ3n) is 4.70. The van der Waals surface area contributed by atoms with Gasteiger partial charge in [-0.3, -0.25) is 0 Å². The first-order valence-electron chi connectivity index (χ1n) is 7.39. The van der Waals surface area contributed by atoms with E-state index in [1.807, 2.05) is 0 Å². The molecule has 1 rings (SSSR count). The molecule has 2 nitrogen and oxygen atoms in total.